The van der Waals surface area contributed by atoms with Crippen molar-refractivity contribution in [1.82, 2.24) is 21.3 Å². The molecule has 1 heterocycles. The highest BCUT2D eigenvalue weighted by molar-refractivity contribution is 6.04. The van der Waals surface area contributed by atoms with Crippen molar-refractivity contribution in [3.8, 4) is 34.5 Å². The number of carbonyl (C=O) groups is 8. The predicted molar refractivity (Wildman–Crippen MR) is 388 cm³/mol. The minimum absolute atomic E-state index is 0.0104. The summed E-state index contributed by atoms with van der Waals surface area (Å²) in [5, 5.41) is 19.4. The van der Waals surface area contributed by atoms with Crippen molar-refractivity contribution in [1.29, 1.82) is 0 Å². The molecule has 25 nitrogen and oxygen atoms in total. The minimum atomic E-state index is -1.96. The summed E-state index contributed by atoms with van der Waals surface area (Å²) in [4.78, 5) is 114. The average molecular weight is 1460 g/mol. The van der Waals surface area contributed by atoms with Gasteiger partial charge >= 0.3 is 23.9 Å². The van der Waals surface area contributed by atoms with Crippen molar-refractivity contribution in [2.75, 3.05) is 66.0 Å². The van der Waals surface area contributed by atoms with Crippen molar-refractivity contribution in [3.63, 3.8) is 0 Å². The number of cyclic esters (lactones) is 3. The molecule has 1 aliphatic heterocycles. The Bertz CT molecular complexity index is 4240. The van der Waals surface area contributed by atoms with Gasteiger partial charge in [0.15, 0.2) is 52.6 Å². The van der Waals surface area contributed by atoms with Crippen molar-refractivity contribution in [2.24, 2.45) is 0 Å². The second kappa shape index (κ2) is 41.1. The fourth-order valence-electron chi connectivity index (χ4n) is 10.5. The molecule has 107 heavy (non-hydrogen) atoms. The maximum Gasteiger partial charge on any atom is 0.332 e. The molecule has 10 rings (SSSR count). The first-order chi connectivity index (χ1) is 52.3. The SMILES string of the molecule is O=C(O)CCOCCOCCOCCNC(=O)c1cc(OCc2ccccc2)c(OCc2ccccc2)c(C(=O)N[C@H]2COC(=O)[C@@H](NC(=O)c3cccc(OCc4ccccc4)c3OCc3ccccc3)COC(=O)[C@@H](NC(=O)c3cccc(OCc4ccccc4)c3OCc3ccccc3)COC2=O)c1. The molecule has 0 spiro atoms. The van der Waals surface area contributed by atoms with Crippen LogP contribution < -0.4 is 49.7 Å². The number of carboxylic acids is 1. The van der Waals surface area contributed by atoms with E-state index in [0.29, 0.717) is 11.1 Å². The summed E-state index contributed by atoms with van der Waals surface area (Å²) in [6.07, 6.45) is -0.134. The zero-order valence-electron chi connectivity index (χ0n) is 58.3. The van der Waals surface area contributed by atoms with E-state index >= 15 is 4.79 Å². The van der Waals surface area contributed by atoms with E-state index in [9.17, 15) is 33.6 Å². The summed E-state index contributed by atoms with van der Waals surface area (Å²) < 4.78 is 71.8. The largest absolute Gasteiger partial charge is 0.485 e. The second-order valence-corrected chi connectivity index (χ2v) is 24.0. The van der Waals surface area contributed by atoms with Crippen LogP contribution in [0.4, 0.5) is 0 Å². The normalized spacial score (nSPS) is 14.4. The lowest BCUT2D eigenvalue weighted by Crippen LogP contribution is -2.52. The Labute approximate surface area is 617 Å². The molecule has 0 bridgehead atoms. The molecule has 9 aromatic rings. The fourth-order valence-corrected chi connectivity index (χ4v) is 10.5. The van der Waals surface area contributed by atoms with E-state index in [4.69, 9.17) is 61.9 Å². The molecule has 0 unspecified atom stereocenters. The van der Waals surface area contributed by atoms with Gasteiger partial charge < -0.3 is 83.2 Å². The zero-order chi connectivity index (χ0) is 74.8. The van der Waals surface area contributed by atoms with E-state index in [2.05, 4.69) is 21.3 Å². The van der Waals surface area contributed by atoms with Crippen LogP contribution in [-0.2, 0) is 87.2 Å². The monoisotopic (exact) mass is 1460 g/mol. The number of esters is 3. The molecule has 554 valence electrons. The van der Waals surface area contributed by atoms with Gasteiger partial charge in [0, 0.05) is 12.1 Å². The molecule has 25 heteroatoms. The van der Waals surface area contributed by atoms with Crippen molar-refractivity contribution in [2.45, 2.75) is 64.2 Å². The Morgan fingerprint density at radius 1 is 0.336 bits per heavy atom. The molecule has 3 atom stereocenters. The van der Waals surface area contributed by atoms with E-state index in [1.807, 2.05) is 127 Å². The molecule has 4 amide bonds. The van der Waals surface area contributed by atoms with Crippen LogP contribution in [-0.4, -0.2) is 137 Å². The maximum atomic E-state index is 15.4. The van der Waals surface area contributed by atoms with Gasteiger partial charge in [0.05, 0.1) is 62.8 Å². The van der Waals surface area contributed by atoms with Crippen LogP contribution in [0.1, 0.15) is 81.2 Å². The third kappa shape index (κ3) is 24.3. The number of carboxylic acid groups (broad SMARTS) is 1. The molecular formula is C82H80N4O21. The van der Waals surface area contributed by atoms with Gasteiger partial charge in [0.2, 0.25) is 0 Å². The lowest BCUT2D eigenvalue weighted by molar-refractivity contribution is -0.160. The first-order valence-electron chi connectivity index (χ1n) is 34.4. The topological polar surface area (TPSA) is 316 Å². The Kier molecular flexibility index (Phi) is 29.6. The Balaban J connectivity index is 0.958. The van der Waals surface area contributed by atoms with Crippen molar-refractivity contribution < 1.29 is 100 Å². The summed E-state index contributed by atoms with van der Waals surface area (Å²) in [6, 6.07) is 60.8. The van der Waals surface area contributed by atoms with Gasteiger partial charge in [-0.1, -0.05) is 194 Å². The average Bonchev–Trinajstić information content (AvgIpc) is 0.801. The summed E-state index contributed by atoms with van der Waals surface area (Å²) in [5.74, 6) is -8.37. The molecule has 0 radical (unpaired) electrons. The van der Waals surface area contributed by atoms with Crippen LogP contribution in [0.3, 0.4) is 0 Å². The van der Waals surface area contributed by atoms with Gasteiger partial charge in [-0.3, -0.25) is 24.0 Å². The number of hydrogen-bond donors (Lipinski definition) is 5. The molecule has 0 aromatic heterocycles. The van der Waals surface area contributed by atoms with E-state index in [0.717, 1.165) is 22.3 Å². The highest BCUT2D eigenvalue weighted by Crippen LogP contribution is 2.37. The summed E-state index contributed by atoms with van der Waals surface area (Å²) in [7, 11) is 0. The highest BCUT2D eigenvalue weighted by Gasteiger charge is 2.36. The molecule has 1 aliphatic rings. The maximum absolute atomic E-state index is 15.4. The van der Waals surface area contributed by atoms with Crippen LogP contribution in [0.15, 0.2) is 231 Å². The summed E-state index contributed by atoms with van der Waals surface area (Å²) >= 11 is 0. The lowest BCUT2D eigenvalue weighted by atomic mass is 10.1. The number of rotatable bonds is 37. The highest BCUT2D eigenvalue weighted by atomic mass is 16.6. The summed E-state index contributed by atoms with van der Waals surface area (Å²) in [5.41, 5.74) is 3.79. The van der Waals surface area contributed by atoms with Crippen LogP contribution in [0.5, 0.6) is 34.5 Å². The van der Waals surface area contributed by atoms with Crippen LogP contribution in [0, 0.1) is 0 Å². The molecule has 1 fully saturated rings. The van der Waals surface area contributed by atoms with Gasteiger partial charge in [-0.25, -0.2) is 14.4 Å². The van der Waals surface area contributed by atoms with E-state index in [1.54, 1.807) is 78.9 Å². The van der Waals surface area contributed by atoms with Gasteiger partial charge in [-0.2, -0.15) is 0 Å². The number of amides is 4. The number of benzene rings is 9. The molecule has 9 aromatic carbocycles. The summed E-state index contributed by atoms with van der Waals surface area (Å²) in [6.45, 7) is -2.21. The number of nitrogens with one attached hydrogen (secondary N) is 4. The smallest absolute Gasteiger partial charge is 0.332 e. The zero-order valence-corrected chi connectivity index (χ0v) is 58.3. The van der Waals surface area contributed by atoms with E-state index in [1.165, 1.54) is 24.3 Å². The number of aliphatic carboxylic acids is 1. The van der Waals surface area contributed by atoms with Crippen molar-refractivity contribution >= 4 is 47.5 Å². The minimum Gasteiger partial charge on any atom is -0.485 e. The molecule has 5 N–H and O–H groups in total. The van der Waals surface area contributed by atoms with Gasteiger partial charge in [0.1, 0.15) is 59.5 Å². The standard InChI is InChI=1S/C82H80N4O21/c87-72(88)37-39-96-41-43-98-44-42-97-40-38-83-76(89)62-45-65(75(104-52-61-31-17-6-18-32-61)71(46-62)101-49-58-25-11-3-12-26-58)79(92)86-68-55-107-81(94)66(84-77(90)63-33-19-35-69(99-47-56-21-7-1-8-22-56)73(63)102-50-59-27-13-4-14-28-59)53-105-80(93)67(54-106-82(68)95)85-78(91)64-34-20-36-70(100-48-57-23-9-2-10-24-57)74(64)103-51-60-29-15-5-16-30-60/h1-36,45-46,66-68H,37-44,47-55H2,(H,83,89)(H,84,90)(H,85,91)(H,86,92)(H,87,88)/t66-,67-,68-/m0/s1. The molecule has 1 saturated heterocycles. The molecule has 0 aliphatic carbocycles. The first kappa shape index (κ1) is 77.0. The molecular weight excluding hydrogens is 1380 g/mol. The van der Waals surface area contributed by atoms with Crippen LogP contribution >= 0.6 is 0 Å². The number of carbonyl (C=O) groups excluding carboxylic acids is 7. The number of ether oxygens (including phenoxy) is 12. The fraction of sp³-hybridized carbons (Fsp3) is 0.244. The number of hydrogen-bond acceptors (Lipinski definition) is 20. The van der Waals surface area contributed by atoms with Gasteiger partial charge in [-0.05, 0) is 69.8 Å². The first-order valence-corrected chi connectivity index (χ1v) is 34.4. The van der Waals surface area contributed by atoms with Gasteiger partial charge in [0.25, 0.3) is 23.6 Å². The van der Waals surface area contributed by atoms with E-state index < -0.39 is 85.5 Å². The second-order valence-electron chi connectivity index (χ2n) is 24.0. The Hall–Kier alpha value is -12.6. The van der Waals surface area contributed by atoms with E-state index in [-0.39, 0.29) is 149 Å². The number of para-hydroxylation sites is 2. The Morgan fingerprint density at radius 2 is 0.645 bits per heavy atom. The third-order valence-electron chi connectivity index (χ3n) is 16.1. The third-order valence-corrected chi connectivity index (χ3v) is 16.1. The van der Waals surface area contributed by atoms with Crippen molar-refractivity contribution in [3.05, 3.63) is 286 Å². The lowest BCUT2D eigenvalue weighted by Gasteiger charge is -2.25. The predicted octanol–water partition coefficient (Wildman–Crippen LogP) is 9.75. The quantitative estimate of drug-likeness (QED) is 0.0137. The van der Waals surface area contributed by atoms with Crippen LogP contribution in [0.25, 0.3) is 0 Å². The van der Waals surface area contributed by atoms with Gasteiger partial charge in [-0.15, -0.1) is 0 Å². The van der Waals surface area contributed by atoms with Crippen LogP contribution in [0.2, 0.25) is 0 Å². The molecule has 0 saturated carbocycles. The Morgan fingerprint density at radius 3 is 1.00 bits per heavy atom.